The standard InChI is InChI=1S/C43H30O/c1-3-4-14-30-27-41-38(25-28(30)2)39-26-31(23-24-40(39)44-41)42-34-19-10-12-21-36(34)43(37-22-13-11-20-35(37)42)33-18-9-8-17-32(33)29-15-6-5-7-16-29/h3-27H,1H2,2H3/b14-4-. The Balaban J connectivity index is 1.42. The molecule has 8 aromatic rings. The van der Waals surface area contributed by atoms with Gasteiger partial charge in [0.1, 0.15) is 11.2 Å². The first-order valence-corrected chi connectivity index (χ1v) is 15.1. The Labute approximate surface area is 257 Å². The molecule has 1 heterocycles. The number of allylic oxidation sites excluding steroid dienone is 2. The van der Waals surface area contributed by atoms with Crippen molar-refractivity contribution in [3.63, 3.8) is 0 Å². The molecular formula is C43H30O. The Morgan fingerprint density at radius 3 is 1.77 bits per heavy atom. The zero-order valence-corrected chi connectivity index (χ0v) is 24.5. The SMILES string of the molecule is C=C/C=C\c1cc2oc3ccc(-c4c5ccccc5c(-c5ccccc5-c5ccccc5)c5ccccc45)cc3c2cc1C. The monoisotopic (exact) mass is 562 g/mol. The predicted octanol–water partition coefficient (Wildman–Crippen LogP) is 12.4. The summed E-state index contributed by atoms with van der Waals surface area (Å²) in [6.07, 6.45) is 5.85. The average molecular weight is 563 g/mol. The van der Waals surface area contributed by atoms with Crippen molar-refractivity contribution < 1.29 is 4.42 Å². The lowest BCUT2D eigenvalue weighted by atomic mass is 9.83. The van der Waals surface area contributed by atoms with Crippen LogP contribution in [0.5, 0.6) is 0 Å². The van der Waals surface area contributed by atoms with Crippen LogP contribution in [0.2, 0.25) is 0 Å². The molecule has 44 heavy (non-hydrogen) atoms. The highest BCUT2D eigenvalue weighted by Gasteiger charge is 2.19. The Hall–Kier alpha value is -5.66. The highest BCUT2D eigenvalue weighted by atomic mass is 16.3. The van der Waals surface area contributed by atoms with E-state index in [9.17, 15) is 0 Å². The van der Waals surface area contributed by atoms with Crippen LogP contribution >= 0.6 is 0 Å². The second-order valence-corrected chi connectivity index (χ2v) is 11.4. The summed E-state index contributed by atoms with van der Waals surface area (Å²) >= 11 is 0. The third-order valence-corrected chi connectivity index (χ3v) is 8.77. The molecule has 0 bridgehead atoms. The van der Waals surface area contributed by atoms with E-state index in [1.165, 1.54) is 60.5 Å². The molecule has 0 aliphatic carbocycles. The highest BCUT2D eigenvalue weighted by molar-refractivity contribution is 6.23. The van der Waals surface area contributed by atoms with Crippen molar-refractivity contribution in [2.45, 2.75) is 6.92 Å². The summed E-state index contributed by atoms with van der Waals surface area (Å²) in [5, 5.41) is 7.24. The van der Waals surface area contributed by atoms with Crippen LogP contribution in [0.25, 0.3) is 82.9 Å². The van der Waals surface area contributed by atoms with Crippen molar-refractivity contribution in [3.05, 3.63) is 163 Å². The van der Waals surface area contributed by atoms with Crippen LogP contribution in [0.1, 0.15) is 11.1 Å². The number of rotatable bonds is 5. The maximum Gasteiger partial charge on any atom is 0.136 e. The molecule has 0 saturated heterocycles. The summed E-state index contributed by atoms with van der Waals surface area (Å²) in [6.45, 7) is 5.97. The molecule has 8 rings (SSSR count). The molecule has 208 valence electrons. The van der Waals surface area contributed by atoms with Crippen LogP contribution in [-0.4, -0.2) is 0 Å². The van der Waals surface area contributed by atoms with Gasteiger partial charge in [0.2, 0.25) is 0 Å². The van der Waals surface area contributed by atoms with Gasteiger partial charge in [0.25, 0.3) is 0 Å². The van der Waals surface area contributed by atoms with Crippen LogP contribution in [0, 0.1) is 6.92 Å². The van der Waals surface area contributed by atoms with Crippen LogP contribution in [-0.2, 0) is 0 Å². The van der Waals surface area contributed by atoms with Gasteiger partial charge in [-0.3, -0.25) is 0 Å². The first-order valence-electron chi connectivity index (χ1n) is 15.1. The number of fused-ring (bicyclic) bond motifs is 5. The third kappa shape index (κ3) is 4.17. The summed E-state index contributed by atoms with van der Waals surface area (Å²) in [6, 6.07) is 48.2. The molecule has 1 heteroatoms. The van der Waals surface area contributed by atoms with Gasteiger partial charge in [0.15, 0.2) is 0 Å². The smallest absolute Gasteiger partial charge is 0.136 e. The maximum atomic E-state index is 6.37. The zero-order valence-electron chi connectivity index (χ0n) is 24.5. The molecule has 0 spiro atoms. The molecule has 1 nitrogen and oxygen atoms in total. The van der Waals surface area contributed by atoms with E-state index in [2.05, 4.69) is 153 Å². The fourth-order valence-electron chi connectivity index (χ4n) is 6.75. The minimum absolute atomic E-state index is 0.897. The summed E-state index contributed by atoms with van der Waals surface area (Å²) in [7, 11) is 0. The van der Waals surface area contributed by atoms with E-state index in [0.717, 1.165) is 27.5 Å². The van der Waals surface area contributed by atoms with Crippen molar-refractivity contribution in [1.82, 2.24) is 0 Å². The molecule has 7 aromatic carbocycles. The Kier molecular flexibility index (Phi) is 6.24. The van der Waals surface area contributed by atoms with Crippen molar-refractivity contribution in [2.75, 3.05) is 0 Å². The molecule has 1 aromatic heterocycles. The van der Waals surface area contributed by atoms with Crippen LogP contribution < -0.4 is 0 Å². The first kappa shape index (κ1) is 26.0. The Morgan fingerprint density at radius 1 is 0.500 bits per heavy atom. The molecule has 0 atom stereocenters. The lowest BCUT2D eigenvalue weighted by Crippen LogP contribution is -1.92. The summed E-state index contributed by atoms with van der Waals surface area (Å²) in [5.74, 6) is 0. The minimum Gasteiger partial charge on any atom is -0.456 e. The number of furan rings is 1. The topological polar surface area (TPSA) is 13.1 Å². The number of hydrogen-bond acceptors (Lipinski definition) is 1. The summed E-state index contributed by atoms with van der Waals surface area (Å²) in [5.41, 5.74) is 11.5. The lowest BCUT2D eigenvalue weighted by molar-refractivity contribution is 0.669. The molecule has 0 amide bonds. The number of benzene rings is 7. The van der Waals surface area contributed by atoms with Crippen LogP contribution in [0.3, 0.4) is 0 Å². The van der Waals surface area contributed by atoms with E-state index in [4.69, 9.17) is 4.42 Å². The Bertz CT molecular complexity index is 2350. The van der Waals surface area contributed by atoms with Crippen molar-refractivity contribution in [3.8, 4) is 33.4 Å². The maximum absolute atomic E-state index is 6.37. The fraction of sp³-hybridized carbons (Fsp3) is 0.0233. The van der Waals surface area contributed by atoms with E-state index in [-0.39, 0.29) is 0 Å². The number of hydrogen-bond donors (Lipinski definition) is 0. The highest BCUT2D eigenvalue weighted by Crippen LogP contribution is 2.46. The van der Waals surface area contributed by atoms with Crippen LogP contribution in [0.15, 0.2) is 157 Å². The second-order valence-electron chi connectivity index (χ2n) is 11.4. The van der Waals surface area contributed by atoms with Gasteiger partial charge in [0, 0.05) is 10.8 Å². The van der Waals surface area contributed by atoms with Crippen molar-refractivity contribution >= 4 is 49.6 Å². The first-order chi connectivity index (χ1) is 21.7. The predicted molar refractivity (Wildman–Crippen MR) is 189 cm³/mol. The van der Waals surface area contributed by atoms with Gasteiger partial charge in [-0.15, -0.1) is 0 Å². The van der Waals surface area contributed by atoms with Gasteiger partial charge < -0.3 is 4.42 Å². The Morgan fingerprint density at radius 2 is 1.09 bits per heavy atom. The van der Waals surface area contributed by atoms with Crippen LogP contribution in [0.4, 0.5) is 0 Å². The third-order valence-electron chi connectivity index (χ3n) is 8.77. The van der Waals surface area contributed by atoms with E-state index in [0.29, 0.717) is 0 Å². The minimum atomic E-state index is 0.897. The second kappa shape index (κ2) is 10.6. The van der Waals surface area contributed by atoms with Gasteiger partial charge in [-0.2, -0.15) is 0 Å². The van der Waals surface area contributed by atoms with Crippen molar-refractivity contribution in [1.29, 1.82) is 0 Å². The summed E-state index contributed by atoms with van der Waals surface area (Å²) < 4.78 is 6.37. The molecule has 0 saturated carbocycles. The van der Waals surface area contributed by atoms with Gasteiger partial charge >= 0.3 is 0 Å². The van der Waals surface area contributed by atoms with Gasteiger partial charge in [-0.25, -0.2) is 0 Å². The van der Waals surface area contributed by atoms with E-state index in [1.807, 2.05) is 6.08 Å². The molecule has 0 aliphatic rings. The van der Waals surface area contributed by atoms with E-state index >= 15 is 0 Å². The largest absolute Gasteiger partial charge is 0.456 e. The lowest BCUT2D eigenvalue weighted by Gasteiger charge is -2.19. The molecule has 0 aliphatic heterocycles. The quantitative estimate of drug-likeness (QED) is 0.150. The van der Waals surface area contributed by atoms with Crippen molar-refractivity contribution in [2.24, 2.45) is 0 Å². The normalized spacial score (nSPS) is 11.8. The molecular weight excluding hydrogens is 532 g/mol. The van der Waals surface area contributed by atoms with Gasteiger partial charge in [0.05, 0.1) is 0 Å². The zero-order chi connectivity index (χ0) is 29.6. The molecule has 0 radical (unpaired) electrons. The van der Waals surface area contributed by atoms with Gasteiger partial charge in [-0.05, 0) is 97.2 Å². The fourth-order valence-corrected chi connectivity index (χ4v) is 6.75. The average Bonchev–Trinajstić information content (AvgIpc) is 3.42. The van der Waals surface area contributed by atoms with E-state index in [1.54, 1.807) is 6.08 Å². The van der Waals surface area contributed by atoms with Gasteiger partial charge in [-0.1, -0.05) is 134 Å². The summed E-state index contributed by atoms with van der Waals surface area (Å²) in [4.78, 5) is 0. The number of aryl methyl sites for hydroxylation is 1. The molecule has 0 N–H and O–H groups in total. The molecule has 0 unspecified atom stereocenters. The molecule has 0 fully saturated rings. The van der Waals surface area contributed by atoms with E-state index < -0.39 is 0 Å².